The van der Waals surface area contributed by atoms with Crippen molar-refractivity contribution in [1.82, 2.24) is 10.6 Å². The highest BCUT2D eigenvalue weighted by molar-refractivity contribution is 6.40. The fraction of sp³-hybridized carbons (Fsp3) is 0.385. The minimum absolute atomic E-state index is 0.0577. The molecule has 1 saturated carbocycles. The van der Waals surface area contributed by atoms with E-state index < -0.39 is 29.4 Å². The Morgan fingerprint density at radius 2 is 1.65 bits per heavy atom. The first kappa shape index (κ1) is 28.3. The zero-order valence-electron chi connectivity index (χ0n) is 20.3. The number of alkyl carbamates (subject to hydrolysis) is 1. The topological polar surface area (TPSA) is 134 Å². The van der Waals surface area contributed by atoms with E-state index in [1.165, 1.54) is 7.11 Å². The minimum atomic E-state index is -1.15. The molecule has 0 bridgehead atoms. The van der Waals surface area contributed by atoms with Crippen molar-refractivity contribution in [2.45, 2.75) is 44.6 Å². The van der Waals surface area contributed by atoms with Crippen molar-refractivity contribution in [1.29, 1.82) is 0 Å². The first-order chi connectivity index (χ1) is 17.6. The quantitative estimate of drug-likeness (QED) is 0.340. The van der Waals surface area contributed by atoms with Crippen LogP contribution in [0.1, 0.15) is 48.0 Å². The lowest BCUT2D eigenvalue weighted by Crippen LogP contribution is -2.49. The van der Waals surface area contributed by atoms with Gasteiger partial charge in [0, 0.05) is 18.7 Å². The first-order valence-electron chi connectivity index (χ1n) is 11.8. The van der Waals surface area contributed by atoms with Crippen molar-refractivity contribution < 1.29 is 29.0 Å². The number of carbonyl (C=O) groups excluding carboxylic acids is 3. The Morgan fingerprint density at radius 3 is 2.22 bits per heavy atom. The Bertz CT molecular complexity index is 1130. The van der Waals surface area contributed by atoms with E-state index in [-0.39, 0.29) is 34.5 Å². The second-order valence-corrected chi connectivity index (χ2v) is 9.79. The summed E-state index contributed by atoms with van der Waals surface area (Å²) in [6.07, 6.45) is 2.83. The van der Waals surface area contributed by atoms with Crippen molar-refractivity contribution in [3.8, 4) is 0 Å². The van der Waals surface area contributed by atoms with E-state index in [4.69, 9.17) is 23.2 Å². The molecule has 9 nitrogen and oxygen atoms in total. The van der Waals surface area contributed by atoms with Gasteiger partial charge in [0.15, 0.2) is 0 Å². The van der Waals surface area contributed by atoms with Gasteiger partial charge in [0.1, 0.15) is 6.04 Å². The molecule has 1 aliphatic rings. The third-order valence-corrected chi connectivity index (χ3v) is 7.18. The molecule has 198 valence electrons. The number of carboxylic acid groups (broad SMARTS) is 1. The Labute approximate surface area is 224 Å². The molecule has 0 unspecified atom stereocenters. The molecule has 0 aromatic heterocycles. The van der Waals surface area contributed by atoms with Gasteiger partial charge in [0.05, 0.1) is 28.1 Å². The number of hydrogen-bond acceptors (Lipinski definition) is 5. The van der Waals surface area contributed by atoms with Crippen LogP contribution in [0.2, 0.25) is 10.0 Å². The summed E-state index contributed by atoms with van der Waals surface area (Å²) in [5, 5.41) is 18.2. The number of carboxylic acids is 1. The van der Waals surface area contributed by atoms with E-state index >= 15 is 0 Å². The van der Waals surface area contributed by atoms with Gasteiger partial charge < -0.3 is 25.8 Å². The smallest absolute Gasteiger partial charge is 0.406 e. The normalized spacial score (nSPS) is 14.9. The molecule has 3 amide bonds. The van der Waals surface area contributed by atoms with Crippen LogP contribution in [0.3, 0.4) is 0 Å². The lowest BCUT2D eigenvalue weighted by molar-refractivity contribution is -0.144. The highest BCUT2D eigenvalue weighted by atomic mass is 35.5. The van der Waals surface area contributed by atoms with Crippen molar-refractivity contribution in [3.63, 3.8) is 0 Å². The molecule has 0 heterocycles. The molecular weight excluding hydrogens is 521 g/mol. The second-order valence-electron chi connectivity index (χ2n) is 8.97. The van der Waals surface area contributed by atoms with Gasteiger partial charge in [-0.2, -0.15) is 0 Å². The van der Waals surface area contributed by atoms with Gasteiger partial charge in [-0.05, 0) is 49.1 Å². The number of rotatable bonds is 10. The molecule has 0 spiro atoms. The van der Waals surface area contributed by atoms with Crippen LogP contribution < -0.4 is 16.0 Å². The van der Waals surface area contributed by atoms with E-state index in [1.54, 1.807) is 42.5 Å². The summed E-state index contributed by atoms with van der Waals surface area (Å²) in [6.45, 7) is 0.254. The van der Waals surface area contributed by atoms with Gasteiger partial charge in [0.2, 0.25) is 5.91 Å². The molecule has 11 heteroatoms. The van der Waals surface area contributed by atoms with Crippen LogP contribution >= 0.6 is 23.2 Å². The Balaban J connectivity index is 1.63. The summed E-state index contributed by atoms with van der Waals surface area (Å²) >= 11 is 12.2. The summed E-state index contributed by atoms with van der Waals surface area (Å²) in [6, 6.07) is 10.3. The molecule has 0 saturated heterocycles. The van der Waals surface area contributed by atoms with Crippen LogP contribution in [0.4, 0.5) is 10.5 Å². The number of halogens is 2. The molecule has 1 atom stereocenters. The molecule has 2 aromatic carbocycles. The van der Waals surface area contributed by atoms with E-state index in [1.807, 2.05) is 0 Å². The van der Waals surface area contributed by atoms with E-state index in [0.717, 1.165) is 12.8 Å². The lowest BCUT2D eigenvalue weighted by Gasteiger charge is -2.29. The van der Waals surface area contributed by atoms with Crippen molar-refractivity contribution >= 4 is 52.8 Å². The number of anilines is 1. The highest BCUT2D eigenvalue weighted by Gasteiger charge is 2.42. The Kier molecular flexibility index (Phi) is 9.77. The SMILES string of the molecule is COC(=O)NCCC1(C(=O)N[C@@H](Cc2ccc(NC(=O)c3c(Cl)cccc3Cl)cc2)C(=O)O)CCCC1. The highest BCUT2D eigenvalue weighted by Crippen LogP contribution is 2.41. The molecule has 1 fully saturated rings. The molecule has 3 rings (SSSR count). The molecule has 4 N–H and O–H groups in total. The van der Waals surface area contributed by atoms with Crippen molar-refractivity contribution in [3.05, 3.63) is 63.6 Å². The summed E-state index contributed by atoms with van der Waals surface area (Å²) in [5.41, 5.74) is 0.562. The van der Waals surface area contributed by atoms with Crippen LogP contribution in [-0.2, 0) is 20.7 Å². The maximum Gasteiger partial charge on any atom is 0.406 e. The number of methoxy groups -OCH3 is 1. The average molecular weight is 550 g/mol. The zero-order chi connectivity index (χ0) is 27.0. The largest absolute Gasteiger partial charge is 0.480 e. The number of hydrogen-bond donors (Lipinski definition) is 4. The zero-order valence-corrected chi connectivity index (χ0v) is 21.8. The van der Waals surface area contributed by atoms with E-state index in [2.05, 4.69) is 20.7 Å². The van der Waals surface area contributed by atoms with Crippen LogP contribution in [0.25, 0.3) is 0 Å². The van der Waals surface area contributed by atoms with Gasteiger partial charge in [-0.3, -0.25) is 9.59 Å². The number of carbonyl (C=O) groups is 4. The van der Waals surface area contributed by atoms with Gasteiger partial charge in [0.25, 0.3) is 5.91 Å². The molecule has 0 radical (unpaired) electrons. The minimum Gasteiger partial charge on any atom is -0.480 e. The van der Waals surface area contributed by atoms with Gasteiger partial charge in [-0.15, -0.1) is 0 Å². The molecule has 1 aliphatic carbocycles. The predicted molar refractivity (Wildman–Crippen MR) is 140 cm³/mol. The summed E-state index contributed by atoms with van der Waals surface area (Å²) in [5.74, 6) is -1.95. The maximum atomic E-state index is 13.2. The van der Waals surface area contributed by atoms with Crippen molar-refractivity contribution in [2.75, 3.05) is 19.0 Å². The number of aliphatic carboxylic acids is 1. The number of nitrogens with one attached hydrogen (secondary N) is 3. The van der Waals surface area contributed by atoms with Crippen LogP contribution in [0.5, 0.6) is 0 Å². The molecule has 0 aliphatic heterocycles. The van der Waals surface area contributed by atoms with E-state index in [0.29, 0.717) is 30.5 Å². The number of amides is 3. The summed E-state index contributed by atoms with van der Waals surface area (Å²) < 4.78 is 4.57. The maximum absolute atomic E-state index is 13.2. The Hall–Kier alpha value is -3.30. The fourth-order valence-electron chi connectivity index (χ4n) is 4.50. The van der Waals surface area contributed by atoms with Gasteiger partial charge in [-0.25, -0.2) is 9.59 Å². The average Bonchev–Trinajstić information content (AvgIpc) is 3.34. The molecular formula is C26H29Cl2N3O6. The standard InChI is InChI=1S/C26H29Cl2N3O6/c1-37-25(36)29-14-13-26(11-2-3-12-26)24(35)31-20(23(33)34)15-16-7-9-17(10-8-16)30-22(32)21-18(27)5-4-6-19(21)28/h4-10,20H,2-3,11-15H2,1H3,(H,29,36)(H,30,32)(H,31,35)(H,33,34)/t20-/m0/s1. The first-order valence-corrected chi connectivity index (χ1v) is 12.6. The van der Waals surface area contributed by atoms with Gasteiger partial charge in [-0.1, -0.05) is 54.2 Å². The van der Waals surface area contributed by atoms with Gasteiger partial charge >= 0.3 is 12.1 Å². The van der Waals surface area contributed by atoms with Crippen LogP contribution in [0.15, 0.2) is 42.5 Å². The van der Waals surface area contributed by atoms with Crippen molar-refractivity contribution in [2.24, 2.45) is 5.41 Å². The summed E-state index contributed by atoms with van der Waals surface area (Å²) in [4.78, 5) is 49.1. The third kappa shape index (κ3) is 7.36. The second kappa shape index (κ2) is 12.8. The lowest BCUT2D eigenvalue weighted by atomic mass is 9.81. The molecule has 2 aromatic rings. The molecule has 37 heavy (non-hydrogen) atoms. The number of ether oxygens (including phenoxy) is 1. The number of benzene rings is 2. The summed E-state index contributed by atoms with van der Waals surface area (Å²) in [7, 11) is 1.26. The van der Waals surface area contributed by atoms with E-state index in [9.17, 15) is 24.3 Å². The fourth-order valence-corrected chi connectivity index (χ4v) is 5.07. The predicted octanol–water partition coefficient (Wildman–Crippen LogP) is 4.66. The monoisotopic (exact) mass is 549 g/mol. The third-order valence-electron chi connectivity index (χ3n) is 6.55. The Morgan fingerprint density at radius 1 is 1.03 bits per heavy atom. The van der Waals surface area contributed by atoms with Crippen LogP contribution in [-0.4, -0.2) is 48.7 Å². The van der Waals surface area contributed by atoms with Crippen LogP contribution in [0, 0.1) is 5.41 Å².